The fourth-order valence-electron chi connectivity index (χ4n) is 7.90. The lowest BCUT2D eigenvalue weighted by Gasteiger charge is -2.60. The van der Waals surface area contributed by atoms with Gasteiger partial charge in [-0.25, -0.2) is 0 Å². The number of aliphatic hydroxyl groups is 1. The molecule has 0 aromatic carbocycles. The van der Waals surface area contributed by atoms with E-state index in [-0.39, 0.29) is 29.5 Å². The Balaban J connectivity index is 1.43. The molecule has 0 aromatic heterocycles. The molecule has 31 heavy (non-hydrogen) atoms. The van der Waals surface area contributed by atoms with Gasteiger partial charge in [0, 0.05) is 42.7 Å². The van der Waals surface area contributed by atoms with Crippen LogP contribution in [0.1, 0.15) is 64.7 Å². The smallest absolute Gasteiger partial charge is 0.141 e. The fourth-order valence-corrected chi connectivity index (χ4v) is 7.90. The maximum Gasteiger partial charge on any atom is 0.141 e. The molecule has 1 heterocycles. The Bertz CT molecular complexity index is 777. The maximum absolute atomic E-state index is 12.7. The molecule has 5 unspecified atom stereocenters. The molecule has 5 fully saturated rings. The van der Waals surface area contributed by atoms with E-state index < -0.39 is 0 Å². The maximum atomic E-state index is 12.7. The zero-order chi connectivity index (χ0) is 21.6. The minimum atomic E-state index is -0.193. The van der Waals surface area contributed by atoms with Gasteiger partial charge >= 0.3 is 0 Å². The van der Waals surface area contributed by atoms with Gasteiger partial charge in [0.25, 0.3) is 0 Å². The summed E-state index contributed by atoms with van der Waals surface area (Å²) in [6, 6.07) is 0. The summed E-state index contributed by atoms with van der Waals surface area (Å²) >= 11 is 0. The summed E-state index contributed by atoms with van der Waals surface area (Å²) in [5.74, 6) is 1.82. The second-order valence-electron chi connectivity index (χ2n) is 10.8. The van der Waals surface area contributed by atoms with Crippen LogP contribution >= 0.6 is 0 Å². The molecule has 5 aliphatic rings. The quantitative estimate of drug-likeness (QED) is 0.668. The van der Waals surface area contributed by atoms with Crippen molar-refractivity contribution >= 4 is 17.2 Å². The van der Waals surface area contributed by atoms with Gasteiger partial charge in [-0.2, -0.15) is 0 Å². The minimum Gasteiger partial charge on any atom is -0.399 e. The monoisotopic (exact) mass is 431 g/mol. The Kier molecular flexibility index (Phi) is 5.62. The number of nitrogens with zero attached hydrogens (tertiary/aromatic N) is 2. The summed E-state index contributed by atoms with van der Waals surface area (Å²) in [6.45, 7) is 4.20. The molecule has 0 amide bonds. The molecule has 4 aliphatic carbocycles. The number of Topliss-reactive ketones (excluding diaryl/α,β-unsaturated/α-hetero) is 1. The van der Waals surface area contributed by atoms with Crippen LogP contribution in [0.15, 0.2) is 10.3 Å². The number of nitrogens with one attached hydrogen (secondary N) is 1. The van der Waals surface area contributed by atoms with Crippen LogP contribution in [0.2, 0.25) is 0 Å². The van der Waals surface area contributed by atoms with E-state index in [9.17, 15) is 9.90 Å². The number of ketones is 1. The standard InChI is InChI=1S/C24H37N3O4/c1-23-8-6-19-17(18(23)3-4-22(23)29)12-21(27-30-2)20-11-15(5-9-24(19,20)14-28)26-31-16-7-10-25-13-16/h16-20,25,28H,3-14H2,1-2H3/b26-15?,27-21+/t16?,17?,18?,19?,20?,23-,24-/m0/s1. The predicted molar refractivity (Wildman–Crippen MR) is 118 cm³/mol. The second kappa shape index (κ2) is 8.14. The van der Waals surface area contributed by atoms with Gasteiger partial charge in [-0.3, -0.25) is 4.79 Å². The Morgan fingerprint density at radius 1 is 1.13 bits per heavy atom. The Labute approximate surface area is 185 Å². The van der Waals surface area contributed by atoms with Gasteiger partial charge in [0.15, 0.2) is 0 Å². The third-order valence-corrected chi connectivity index (χ3v) is 9.59. The van der Waals surface area contributed by atoms with Crippen LogP contribution < -0.4 is 5.32 Å². The van der Waals surface area contributed by atoms with Crippen molar-refractivity contribution < 1.29 is 19.6 Å². The van der Waals surface area contributed by atoms with E-state index >= 15 is 0 Å². The van der Waals surface area contributed by atoms with E-state index in [2.05, 4.69) is 22.6 Å². The van der Waals surface area contributed by atoms with E-state index in [0.29, 0.717) is 30.0 Å². The number of carbonyl (C=O) groups excluding carboxylic acids is 1. The van der Waals surface area contributed by atoms with Crippen molar-refractivity contribution in [2.45, 2.75) is 70.8 Å². The molecule has 0 radical (unpaired) electrons. The first-order chi connectivity index (χ1) is 15.0. The molecule has 2 N–H and O–H groups in total. The Hall–Kier alpha value is -1.47. The first-order valence-corrected chi connectivity index (χ1v) is 12.2. The molecule has 1 aliphatic heterocycles. The molecular formula is C24H37N3O4. The van der Waals surface area contributed by atoms with Crippen LogP contribution in [-0.4, -0.2) is 55.2 Å². The van der Waals surface area contributed by atoms with Crippen molar-refractivity contribution in [2.24, 2.45) is 44.8 Å². The van der Waals surface area contributed by atoms with Gasteiger partial charge in [0.05, 0.1) is 11.4 Å². The number of oxime groups is 2. The predicted octanol–water partition coefficient (Wildman–Crippen LogP) is 2.92. The van der Waals surface area contributed by atoms with Gasteiger partial charge in [0.1, 0.15) is 19.0 Å². The number of fused-ring (bicyclic) bond motifs is 5. The lowest BCUT2D eigenvalue weighted by molar-refractivity contribution is -0.135. The van der Waals surface area contributed by atoms with Crippen molar-refractivity contribution in [1.29, 1.82) is 0 Å². The Morgan fingerprint density at radius 2 is 2.00 bits per heavy atom. The van der Waals surface area contributed by atoms with Crippen molar-refractivity contribution in [3.63, 3.8) is 0 Å². The van der Waals surface area contributed by atoms with E-state index in [1.165, 1.54) is 0 Å². The molecule has 4 saturated carbocycles. The highest BCUT2D eigenvalue weighted by Crippen LogP contribution is 2.64. The van der Waals surface area contributed by atoms with Crippen LogP contribution in [0.4, 0.5) is 0 Å². The van der Waals surface area contributed by atoms with Crippen molar-refractivity contribution in [3.8, 4) is 0 Å². The SMILES string of the molecule is CO/N=C1\CC2C(CC[C@]3(C)C(=O)CCC23)[C@@]2(CO)CCC(=NOC3CCNC3)CC12. The van der Waals surface area contributed by atoms with Gasteiger partial charge in [-0.05, 0) is 69.2 Å². The van der Waals surface area contributed by atoms with Crippen molar-refractivity contribution in [3.05, 3.63) is 0 Å². The summed E-state index contributed by atoms with van der Waals surface area (Å²) in [6.07, 6.45) is 8.27. The zero-order valence-electron chi connectivity index (χ0n) is 18.9. The molecule has 0 spiro atoms. The van der Waals surface area contributed by atoms with Crippen LogP contribution in [0.3, 0.4) is 0 Å². The lowest BCUT2D eigenvalue weighted by atomic mass is 9.44. The summed E-state index contributed by atoms with van der Waals surface area (Å²) in [5.41, 5.74) is 1.75. The van der Waals surface area contributed by atoms with E-state index in [4.69, 9.17) is 9.68 Å². The van der Waals surface area contributed by atoms with Gasteiger partial charge in [-0.1, -0.05) is 17.2 Å². The minimum absolute atomic E-state index is 0.137. The number of rotatable bonds is 4. The van der Waals surface area contributed by atoms with Crippen LogP contribution in [0, 0.1) is 34.5 Å². The molecule has 7 atom stereocenters. The van der Waals surface area contributed by atoms with Crippen molar-refractivity contribution in [2.75, 3.05) is 26.8 Å². The molecule has 7 nitrogen and oxygen atoms in total. The number of carbonyl (C=O) groups is 1. The number of hydrogen-bond donors (Lipinski definition) is 2. The zero-order valence-corrected chi connectivity index (χ0v) is 18.9. The molecule has 1 saturated heterocycles. The first kappa shape index (κ1) is 21.4. The molecule has 0 aromatic rings. The highest BCUT2D eigenvalue weighted by atomic mass is 16.6. The summed E-state index contributed by atoms with van der Waals surface area (Å²) < 4.78 is 0. The number of aliphatic hydroxyl groups excluding tert-OH is 1. The van der Waals surface area contributed by atoms with Crippen molar-refractivity contribution in [1.82, 2.24) is 5.32 Å². The average molecular weight is 432 g/mol. The molecular weight excluding hydrogens is 394 g/mol. The lowest BCUT2D eigenvalue weighted by Crippen LogP contribution is -2.59. The third-order valence-electron chi connectivity index (χ3n) is 9.59. The second-order valence-corrected chi connectivity index (χ2v) is 10.8. The third kappa shape index (κ3) is 3.34. The molecule has 7 heteroatoms. The molecule has 5 rings (SSSR count). The molecule has 172 valence electrons. The number of hydrogen-bond acceptors (Lipinski definition) is 7. The normalized spacial score (nSPS) is 47.2. The highest BCUT2D eigenvalue weighted by Gasteiger charge is 2.63. The van der Waals surface area contributed by atoms with Gasteiger partial charge in [-0.15, -0.1) is 0 Å². The van der Waals surface area contributed by atoms with Gasteiger partial charge < -0.3 is 20.1 Å². The van der Waals surface area contributed by atoms with Crippen LogP contribution in [0.5, 0.6) is 0 Å². The topological polar surface area (TPSA) is 92.5 Å². The highest BCUT2D eigenvalue weighted by molar-refractivity contribution is 5.96. The molecule has 0 bridgehead atoms. The van der Waals surface area contributed by atoms with Crippen LogP contribution in [-0.2, 0) is 14.5 Å². The average Bonchev–Trinajstić information content (AvgIpc) is 3.40. The largest absolute Gasteiger partial charge is 0.399 e. The first-order valence-electron chi connectivity index (χ1n) is 12.2. The van der Waals surface area contributed by atoms with E-state index in [0.717, 1.165) is 75.9 Å². The summed E-state index contributed by atoms with van der Waals surface area (Å²) in [7, 11) is 1.61. The fraction of sp³-hybridized carbons (Fsp3) is 0.875. The van der Waals surface area contributed by atoms with E-state index in [1.54, 1.807) is 7.11 Å². The van der Waals surface area contributed by atoms with Crippen LogP contribution in [0.25, 0.3) is 0 Å². The Morgan fingerprint density at radius 3 is 2.74 bits per heavy atom. The summed E-state index contributed by atoms with van der Waals surface area (Å²) in [5, 5.41) is 23.2. The van der Waals surface area contributed by atoms with E-state index in [1.807, 2.05) is 0 Å². The summed E-state index contributed by atoms with van der Waals surface area (Å²) in [4.78, 5) is 23.9. The van der Waals surface area contributed by atoms with Gasteiger partial charge in [0.2, 0.25) is 0 Å².